The highest BCUT2D eigenvalue weighted by Gasteiger charge is 2.30. The fraction of sp³-hybridized carbons (Fsp3) is 0.231. The average Bonchev–Trinajstić information content (AvgIpc) is 2.84. The second kappa shape index (κ2) is 11.9. The van der Waals surface area contributed by atoms with Crippen LogP contribution in [-0.4, -0.2) is 46.2 Å². The first-order valence-corrected chi connectivity index (χ1v) is 13.4. The summed E-state index contributed by atoms with van der Waals surface area (Å²) in [5.74, 6) is -0.591. The van der Waals surface area contributed by atoms with Gasteiger partial charge in [0, 0.05) is 6.54 Å². The summed E-state index contributed by atoms with van der Waals surface area (Å²) in [6.07, 6.45) is 1.66. The topological polar surface area (TPSA) is 105 Å². The Balaban J connectivity index is 1.76. The van der Waals surface area contributed by atoms with Crippen molar-refractivity contribution in [2.24, 2.45) is 0 Å². The first kappa shape index (κ1) is 27.0. The maximum Gasteiger partial charge on any atom is 0.253 e. The number of nitrogens with one attached hydrogen (secondary N) is 2. The average molecular weight is 530 g/mol. The van der Waals surface area contributed by atoms with Crippen molar-refractivity contribution in [1.29, 1.82) is 0 Å². The molecule has 0 aromatic heterocycles. The Morgan fingerprint density at radius 1 is 1.03 bits per heavy atom. The number of para-hydroxylation sites is 1. The van der Waals surface area contributed by atoms with Crippen molar-refractivity contribution in [3.8, 4) is 5.75 Å². The van der Waals surface area contributed by atoms with Gasteiger partial charge in [0.1, 0.15) is 11.8 Å². The van der Waals surface area contributed by atoms with Crippen LogP contribution in [0.15, 0.2) is 72.8 Å². The van der Waals surface area contributed by atoms with Crippen LogP contribution in [0.3, 0.4) is 0 Å². The van der Waals surface area contributed by atoms with E-state index >= 15 is 0 Å². The summed E-state index contributed by atoms with van der Waals surface area (Å²) in [5, 5.41) is 5.75. The van der Waals surface area contributed by atoms with Crippen LogP contribution in [0.25, 0.3) is 0 Å². The number of methoxy groups -OCH3 is 1. The molecule has 3 aromatic carbocycles. The van der Waals surface area contributed by atoms with Crippen LogP contribution in [0.1, 0.15) is 22.8 Å². The van der Waals surface area contributed by atoms with Gasteiger partial charge in [-0.25, -0.2) is 8.42 Å². The lowest BCUT2D eigenvalue weighted by Gasteiger charge is -2.28. The molecule has 0 aliphatic carbocycles. The Kier molecular flexibility index (Phi) is 8.95. The smallest absolute Gasteiger partial charge is 0.253 e. The number of rotatable bonds is 10. The largest absolute Gasteiger partial charge is 0.495 e. The number of anilines is 2. The molecule has 0 bridgehead atoms. The summed E-state index contributed by atoms with van der Waals surface area (Å²) in [4.78, 5) is 26.0. The monoisotopic (exact) mass is 529 g/mol. The maximum absolute atomic E-state index is 13.1. The number of amides is 2. The molecule has 2 amide bonds. The molecule has 0 unspecified atom stereocenters. The minimum absolute atomic E-state index is 0.203. The van der Waals surface area contributed by atoms with Crippen LogP contribution in [0, 0.1) is 0 Å². The predicted molar refractivity (Wildman–Crippen MR) is 142 cm³/mol. The first-order chi connectivity index (χ1) is 17.1. The van der Waals surface area contributed by atoms with E-state index in [0.29, 0.717) is 18.7 Å². The summed E-state index contributed by atoms with van der Waals surface area (Å²) in [5.41, 5.74) is 1.84. The molecular formula is C26H28ClN3O5S. The molecule has 0 heterocycles. The van der Waals surface area contributed by atoms with Gasteiger partial charge in [0.15, 0.2) is 0 Å². The molecule has 0 saturated heterocycles. The number of sulfonamides is 1. The quantitative estimate of drug-likeness (QED) is 0.411. The number of nitrogens with zero attached hydrogens (tertiary/aromatic N) is 1. The van der Waals surface area contributed by atoms with Crippen LogP contribution in [0.5, 0.6) is 5.75 Å². The summed E-state index contributed by atoms with van der Waals surface area (Å²) in [6, 6.07) is 19.6. The lowest BCUT2D eigenvalue weighted by atomic mass is 10.1. The predicted octanol–water partition coefficient (Wildman–Crippen LogP) is 4.11. The number of benzene rings is 3. The van der Waals surface area contributed by atoms with E-state index in [1.807, 2.05) is 30.3 Å². The first-order valence-electron chi connectivity index (χ1n) is 11.2. The Morgan fingerprint density at radius 3 is 2.33 bits per heavy atom. The number of carbonyl (C=O) groups is 2. The Bertz CT molecular complexity index is 1330. The van der Waals surface area contributed by atoms with E-state index in [2.05, 4.69) is 10.6 Å². The Labute approximate surface area is 216 Å². The molecule has 0 aliphatic rings. The van der Waals surface area contributed by atoms with Gasteiger partial charge in [-0.05, 0) is 49.2 Å². The van der Waals surface area contributed by atoms with Gasteiger partial charge in [-0.2, -0.15) is 0 Å². The second-order valence-electron chi connectivity index (χ2n) is 8.08. The number of carbonyl (C=O) groups excluding carboxylic acids is 2. The molecule has 1 atom stereocenters. The van der Waals surface area contributed by atoms with E-state index in [-0.39, 0.29) is 27.9 Å². The van der Waals surface area contributed by atoms with E-state index in [0.717, 1.165) is 16.1 Å². The maximum atomic E-state index is 13.1. The molecule has 0 saturated carbocycles. The molecule has 10 heteroatoms. The van der Waals surface area contributed by atoms with E-state index in [1.54, 1.807) is 24.3 Å². The van der Waals surface area contributed by atoms with Crippen molar-refractivity contribution in [2.75, 3.05) is 29.5 Å². The summed E-state index contributed by atoms with van der Waals surface area (Å²) >= 11 is 6.18. The molecule has 3 rings (SSSR count). The number of halogens is 1. The lowest BCUT2D eigenvalue weighted by molar-refractivity contribution is -0.116. The molecule has 190 valence electrons. The third-order valence-electron chi connectivity index (χ3n) is 5.45. The van der Waals surface area contributed by atoms with Gasteiger partial charge in [0.05, 0.1) is 35.3 Å². The third kappa shape index (κ3) is 6.77. The van der Waals surface area contributed by atoms with Crippen molar-refractivity contribution < 1.29 is 22.7 Å². The summed E-state index contributed by atoms with van der Waals surface area (Å²) in [7, 11) is -2.42. The van der Waals surface area contributed by atoms with Crippen molar-refractivity contribution in [2.45, 2.75) is 19.4 Å². The van der Waals surface area contributed by atoms with Crippen LogP contribution in [-0.2, 0) is 21.2 Å². The Hall–Kier alpha value is -3.56. The highest BCUT2D eigenvalue weighted by molar-refractivity contribution is 7.92. The minimum atomic E-state index is -3.86. The zero-order valence-corrected chi connectivity index (χ0v) is 21.8. The second-order valence-corrected chi connectivity index (χ2v) is 10.3. The number of hydrogen-bond donors (Lipinski definition) is 2. The van der Waals surface area contributed by atoms with Crippen molar-refractivity contribution >= 4 is 44.8 Å². The summed E-state index contributed by atoms with van der Waals surface area (Å²) in [6.45, 7) is 1.87. The van der Waals surface area contributed by atoms with Gasteiger partial charge >= 0.3 is 0 Å². The van der Waals surface area contributed by atoms with Crippen LogP contribution in [0.4, 0.5) is 11.4 Å². The van der Waals surface area contributed by atoms with Gasteiger partial charge in [-0.15, -0.1) is 0 Å². The normalized spacial score (nSPS) is 11.9. The fourth-order valence-corrected chi connectivity index (χ4v) is 5.11. The third-order valence-corrected chi connectivity index (χ3v) is 6.99. The molecule has 0 spiro atoms. The lowest BCUT2D eigenvalue weighted by Crippen LogP contribution is -2.45. The van der Waals surface area contributed by atoms with E-state index in [9.17, 15) is 18.0 Å². The molecule has 0 aliphatic heterocycles. The molecule has 3 aromatic rings. The molecule has 2 N–H and O–H groups in total. The molecule has 36 heavy (non-hydrogen) atoms. The zero-order chi connectivity index (χ0) is 26.3. The van der Waals surface area contributed by atoms with Crippen molar-refractivity contribution in [3.05, 3.63) is 88.9 Å². The SMILES string of the molecule is COc1ccc(N([C@@H](C)C(=O)Nc2ccccc2C(=O)NCCc2ccccc2)S(C)(=O)=O)cc1Cl. The Morgan fingerprint density at radius 2 is 1.69 bits per heavy atom. The highest BCUT2D eigenvalue weighted by Crippen LogP contribution is 2.31. The van der Waals surface area contributed by atoms with Gasteiger partial charge in [0.25, 0.3) is 5.91 Å². The van der Waals surface area contributed by atoms with Crippen molar-refractivity contribution in [1.82, 2.24) is 5.32 Å². The fourth-order valence-electron chi connectivity index (χ4n) is 3.69. The van der Waals surface area contributed by atoms with Gasteiger partial charge < -0.3 is 15.4 Å². The zero-order valence-electron chi connectivity index (χ0n) is 20.2. The van der Waals surface area contributed by atoms with E-state index in [4.69, 9.17) is 16.3 Å². The minimum Gasteiger partial charge on any atom is -0.495 e. The summed E-state index contributed by atoms with van der Waals surface area (Å²) < 4.78 is 31.3. The molecule has 8 nitrogen and oxygen atoms in total. The van der Waals surface area contributed by atoms with Gasteiger partial charge in [-0.1, -0.05) is 54.1 Å². The van der Waals surface area contributed by atoms with Gasteiger partial charge in [-0.3, -0.25) is 13.9 Å². The molecule has 0 radical (unpaired) electrons. The highest BCUT2D eigenvalue weighted by atomic mass is 35.5. The van der Waals surface area contributed by atoms with E-state index < -0.39 is 22.0 Å². The molecule has 0 fully saturated rings. The van der Waals surface area contributed by atoms with E-state index in [1.165, 1.54) is 32.2 Å². The van der Waals surface area contributed by atoms with Crippen LogP contribution in [0.2, 0.25) is 5.02 Å². The van der Waals surface area contributed by atoms with Gasteiger partial charge in [0.2, 0.25) is 15.9 Å². The van der Waals surface area contributed by atoms with Crippen LogP contribution >= 0.6 is 11.6 Å². The van der Waals surface area contributed by atoms with Crippen molar-refractivity contribution in [3.63, 3.8) is 0 Å². The number of hydrogen-bond acceptors (Lipinski definition) is 5. The van der Waals surface area contributed by atoms with Crippen LogP contribution < -0.4 is 19.7 Å². The standard InChI is InChI=1S/C26H28ClN3O5S/c1-18(30(36(3,33)34)20-13-14-24(35-2)22(27)17-20)25(31)29-23-12-8-7-11-21(23)26(32)28-16-15-19-9-5-4-6-10-19/h4-14,17-18H,15-16H2,1-3H3,(H,28,32)(H,29,31)/t18-/m0/s1. The molecular weight excluding hydrogens is 502 g/mol. The number of ether oxygens (including phenoxy) is 1.